The molecule has 6 heteroatoms. The first kappa shape index (κ1) is 10.8. The second-order valence-electron chi connectivity index (χ2n) is 3.03. The molecule has 2 N–H and O–H groups in total. The predicted molar refractivity (Wildman–Crippen MR) is 66.8 cm³/mol. The van der Waals surface area contributed by atoms with Crippen LogP contribution in [0, 0.1) is 0 Å². The summed E-state index contributed by atoms with van der Waals surface area (Å²) in [5, 5.41) is 9.02. The lowest BCUT2D eigenvalue weighted by Gasteiger charge is -2.13. The average molecular weight is 236 g/mol. The van der Waals surface area contributed by atoms with E-state index in [1.807, 2.05) is 30.5 Å². The fraction of sp³-hybridized carbons (Fsp3) is 0.200. The monoisotopic (exact) mass is 236 g/mol. The van der Waals surface area contributed by atoms with E-state index in [1.165, 1.54) is 11.8 Å². The van der Waals surface area contributed by atoms with Crippen LogP contribution in [0.3, 0.4) is 0 Å². The third-order valence-corrected chi connectivity index (χ3v) is 2.65. The van der Waals surface area contributed by atoms with E-state index >= 15 is 0 Å². The van der Waals surface area contributed by atoms with E-state index < -0.39 is 0 Å². The van der Waals surface area contributed by atoms with E-state index in [4.69, 9.17) is 4.74 Å². The molecule has 1 heterocycles. The van der Waals surface area contributed by atoms with Crippen LogP contribution < -0.4 is 15.6 Å². The second kappa shape index (κ2) is 4.89. The zero-order valence-electron chi connectivity index (χ0n) is 9.02. The molecule has 1 aliphatic rings. The van der Waals surface area contributed by atoms with Crippen LogP contribution in [0.2, 0.25) is 0 Å². The molecule has 0 bridgehead atoms. The minimum atomic E-state index is 0.695. The molecule has 0 amide bonds. The molecule has 0 fully saturated rings. The van der Waals surface area contributed by atoms with Crippen molar-refractivity contribution in [3.63, 3.8) is 0 Å². The predicted octanol–water partition coefficient (Wildman–Crippen LogP) is 1.18. The summed E-state index contributed by atoms with van der Waals surface area (Å²) < 4.78 is 5.08. The molecule has 0 radical (unpaired) electrons. The van der Waals surface area contributed by atoms with Crippen molar-refractivity contribution < 1.29 is 4.74 Å². The third-order valence-electron chi connectivity index (χ3n) is 2.08. The fourth-order valence-corrected chi connectivity index (χ4v) is 1.50. The van der Waals surface area contributed by atoms with E-state index in [1.54, 1.807) is 7.11 Å². The van der Waals surface area contributed by atoms with Crippen LogP contribution in [0.25, 0.3) is 0 Å². The molecule has 0 spiro atoms. The first-order chi connectivity index (χ1) is 7.83. The fourth-order valence-electron chi connectivity index (χ4n) is 1.23. The molecular formula is C10H12N4OS. The summed E-state index contributed by atoms with van der Waals surface area (Å²) in [5.74, 6) is 1.52. The van der Waals surface area contributed by atoms with Crippen LogP contribution in [0.5, 0.6) is 5.75 Å². The highest BCUT2D eigenvalue weighted by atomic mass is 32.2. The van der Waals surface area contributed by atoms with Crippen LogP contribution in [0.15, 0.2) is 34.5 Å². The number of nitrogens with one attached hydrogen (secondary N) is 2. The van der Waals surface area contributed by atoms with Gasteiger partial charge >= 0.3 is 0 Å². The summed E-state index contributed by atoms with van der Waals surface area (Å²) in [6.45, 7) is 0. The summed E-state index contributed by atoms with van der Waals surface area (Å²) in [6.07, 6.45) is 1.93. The number of ether oxygens (including phenoxy) is 1. The Morgan fingerprint density at radius 2 is 1.88 bits per heavy atom. The van der Waals surface area contributed by atoms with Gasteiger partial charge in [-0.05, 0) is 30.5 Å². The van der Waals surface area contributed by atoms with E-state index in [0.29, 0.717) is 5.84 Å². The molecular weight excluding hydrogens is 224 g/mol. The van der Waals surface area contributed by atoms with Crippen molar-refractivity contribution in [3.05, 3.63) is 29.8 Å². The maximum Gasteiger partial charge on any atom is 0.200 e. The van der Waals surface area contributed by atoms with Gasteiger partial charge in [0.15, 0.2) is 5.84 Å². The van der Waals surface area contributed by atoms with Gasteiger partial charge in [0.2, 0.25) is 5.17 Å². The molecule has 0 aromatic heterocycles. The van der Waals surface area contributed by atoms with E-state index in [-0.39, 0.29) is 0 Å². The Bertz CT molecular complexity index is 427. The molecule has 5 nitrogen and oxygen atoms in total. The summed E-state index contributed by atoms with van der Waals surface area (Å²) >= 11 is 1.50. The standard InChI is InChI=1S/C10H12N4OS/c1-15-8-5-3-7(4-6-8)9-11-13-10(16-2)14-12-9/h3-6H,1-2H3,(H,11,12)(H,13,14). The minimum absolute atomic E-state index is 0.695. The van der Waals surface area contributed by atoms with Crippen LogP contribution in [-0.4, -0.2) is 24.4 Å². The molecule has 0 aliphatic carbocycles. The molecule has 0 saturated carbocycles. The number of nitrogens with zero attached hydrogens (tertiary/aromatic N) is 2. The molecule has 0 saturated heterocycles. The second-order valence-corrected chi connectivity index (χ2v) is 3.83. The maximum atomic E-state index is 5.08. The smallest absolute Gasteiger partial charge is 0.200 e. The van der Waals surface area contributed by atoms with Crippen molar-refractivity contribution in [2.24, 2.45) is 10.2 Å². The first-order valence-electron chi connectivity index (χ1n) is 4.69. The van der Waals surface area contributed by atoms with Gasteiger partial charge in [0, 0.05) is 5.56 Å². The van der Waals surface area contributed by atoms with Crippen molar-refractivity contribution in [1.82, 2.24) is 10.9 Å². The van der Waals surface area contributed by atoms with Crippen LogP contribution in [0.4, 0.5) is 0 Å². The van der Waals surface area contributed by atoms with E-state index in [2.05, 4.69) is 21.1 Å². The Balaban J connectivity index is 2.11. The lowest BCUT2D eigenvalue weighted by atomic mass is 10.2. The van der Waals surface area contributed by atoms with E-state index in [9.17, 15) is 0 Å². The van der Waals surface area contributed by atoms with Crippen LogP contribution in [0.1, 0.15) is 5.56 Å². The van der Waals surface area contributed by atoms with Gasteiger partial charge in [-0.3, -0.25) is 10.9 Å². The molecule has 1 aromatic carbocycles. The summed E-state index contributed by atoms with van der Waals surface area (Å²) in [6, 6.07) is 7.61. The molecule has 0 atom stereocenters. The molecule has 0 unspecified atom stereocenters. The first-order valence-corrected chi connectivity index (χ1v) is 5.92. The third kappa shape index (κ3) is 2.27. The van der Waals surface area contributed by atoms with Gasteiger partial charge < -0.3 is 4.74 Å². The Labute approximate surface area is 98.0 Å². The number of thioether (sulfide) groups is 1. The lowest BCUT2D eigenvalue weighted by molar-refractivity contribution is 0.415. The highest BCUT2D eigenvalue weighted by Gasteiger charge is 2.08. The van der Waals surface area contributed by atoms with Gasteiger partial charge in [0.05, 0.1) is 7.11 Å². The molecule has 16 heavy (non-hydrogen) atoms. The summed E-state index contributed by atoms with van der Waals surface area (Å²) in [5.41, 5.74) is 6.70. The average Bonchev–Trinajstić information content (AvgIpc) is 2.39. The summed E-state index contributed by atoms with van der Waals surface area (Å²) in [7, 11) is 1.64. The van der Waals surface area contributed by atoms with Crippen molar-refractivity contribution in [2.75, 3.05) is 13.4 Å². The zero-order valence-corrected chi connectivity index (χ0v) is 9.84. The van der Waals surface area contributed by atoms with E-state index in [0.717, 1.165) is 16.5 Å². The van der Waals surface area contributed by atoms with Crippen molar-refractivity contribution in [2.45, 2.75) is 0 Å². The minimum Gasteiger partial charge on any atom is -0.497 e. The topological polar surface area (TPSA) is 58.0 Å². The van der Waals surface area contributed by atoms with Crippen molar-refractivity contribution in [3.8, 4) is 5.75 Å². The number of hydrogen-bond acceptors (Lipinski definition) is 6. The molecule has 2 rings (SSSR count). The van der Waals surface area contributed by atoms with Gasteiger partial charge in [-0.25, -0.2) is 0 Å². The van der Waals surface area contributed by atoms with Crippen LogP contribution >= 0.6 is 11.8 Å². The highest BCUT2D eigenvalue weighted by Crippen LogP contribution is 2.12. The van der Waals surface area contributed by atoms with Crippen molar-refractivity contribution >= 4 is 22.8 Å². The normalized spacial score (nSPS) is 14.4. The highest BCUT2D eigenvalue weighted by molar-refractivity contribution is 8.13. The Hall–Kier alpha value is -1.69. The molecule has 84 valence electrons. The molecule has 1 aliphatic heterocycles. The number of hydrogen-bond donors (Lipinski definition) is 2. The number of methoxy groups -OCH3 is 1. The Morgan fingerprint density at radius 3 is 2.38 bits per heavy atom. The van der Waals surface area contributed by atoms with Gasteiger partial charge in [-0.1, -0.05) is 11.8 Å². The summed E-state index contributed by atoms with van der Waals surface area (Å²) in [4.78, 5) is 0. The number of hydrazone groups is 2. The lowest BCUT2D eigenvalue weighted by Crippen LogP contribution is -2.32. The maximum absolute atomic E-state index is 5.08. The van der Waals surface area contributed by atoms with Crippen molar-refractivity contribution in [1.29, 1.82) is 0 Å². The Morgan fingerprint density at radius 1 is 1.12 bits per heavy atom. The quantitative estimate of drug-likeness (QED) is 0.809. The SMILES string of the molecule is COc1ccc(C2=NNC(SC)=NN2)cc1. The number of amidine groups is 2. The number of rotatable bonds is 2. The van der Waals surface area contributed by atoms with Gasteiger partial charge in [0.25, 0.3) is 0 Å². The zero-order chi connectivity index (χ0) is 11.4. The van der Waals surface area contributed by atoms with Gasteiger partial charge in [-0.2, -0.15) is 5.10 Å². The Kier molecular flexibility index (Phi) is 3.31. The largest absolute Gasteiger partial charge is 0.497 e. The van der Waals surface area contributed by atoms with Crippen LogP contribution in [-0.2, 0) is 0 Å². The number of benzene rings is 1. The molecule has 1 aromatic rings. The van der Waals surface area contributed by atoms with Gasteiger partial charge in [0.1, 0.15) is 5.75 Å². The van der Waals surface area contributed by atoms with Gasteiger partial charge in [-0.15, -0.1) is 5.10 Å².